The van der Waals surface area contributed by atoms with Gasteiger partial charge >= 0.3 is 12.1 Å². The lowest BCUT2D eigenvalue weighted by Crippen LogP contribution is -2.49. The zero-order valence-electron chi connectivity index (χ0n) is 13.0. The molecule has 0 unspecified atom stereocenters. The van der Waals surface area contributed by atoms with Crippen molar-refractivity contribution in [2.75, 3.05) is 26.7 Å². The summed E-state index contributed by atoms with van der Waals surface area (Å²) >= 11 is 0. The fraction of sp³-hybridized carbons (Fsp3) is 0.846. The van der Waals surface area contributed by atoms with Crippen LogP contribution < -0.4 is 0 Å². The van der Waals surface area contributed by atoms with E-state index in [0.717, 1.165) is 0 Å². The number of carbonyl (C=O) groups is 2. The molecule has 1 heterocycles. The van der Waals surface area contributed by atoms with Gasteiger partial charge in [0.25, 0.3) is 0 Å². The van der Waals surface area contributed by atoms with Gasteiger partial charge in [-0.1, -0.05) is 5.11 Å². The summed E-state index contributed by atoms with van der Waals surface area (Å²) < 4.78 is 10.1. The topological polar surface area (TPSA) is 105 Å². The van der Waals surface area contributed by atoms with Gasteiger partial charge in [0.2, 0.25) is 0 Å². The summed E-state index contributed by atoms with van der Waals surface area (Å²) in [7, 11) is 1.31. The van der Waals surface area contributed by atoms with E-state index in [1.807, 2.05) is 0 Å². The standard InChI is InChI=1S/C13H22N4O4/c1-12(2,3)21-11(19)17-7-5-13(6-8-17,9-15-16-14)10(18)20-4/h5-9H2,1-4H3. The molecule has 1 saturated heterocycles. The maximum absolute atomic E-state index is 12.0. The maximum Gasteiger partial charge on any atom is 0.410 e. The molecule has 0 radical (unpaired) electrons. The number of carbonyl (C=O) groups excluding carboxylic acids is 2. The number of methoxy groups -OCH3 is 1. The van der Waals surface area contributed by atoms with Crippen molar-refractivity contribution in [3.05, 3.63) is 10.4 Å². The third-order valence-electron chi connectivity index (χ3n) is 3.43. The zero-order valence-corrected chi connectivity index (χ0v) is 13.0. The number of ether oxygens (including phenoxy) is 2. The summed E-state index contributed by atoms with van der Waals surface area (Å²) in [6, 6.07) is 0. The molecular formula is C13H22N4O4. The first-order valence-corrected chi connectivity index (χ1v) is 6.81. The number of hydrogen-bond donors (Lipinski definition) is 0. The Morgan fingerprint density at radius 2 is 1.90 bits per heavy atom. The average Bonchev–Trinajstić information content (AvgIpc) is 2.42. The second kappa shape index (κ2) is 6.67. The van der Waals surface area contributed by atoms with Gasteiger partial charge in [-0.05, 0) is 39.1 Å². The number of azide groups is 1. The first-order valence-electron chi connectivity index (χ1n) is 6.81. The molecule has 0 aromatic carbocycles. The van der Waals surface area contributed by atoms with E-state index in [9.17, 15) is 9.59 Å². The van der Waals surface area contributed by atoms with Crippen molar-refractivity contribution >= 4 is 12.1 Å². The molecule has 1 fully saturated rings. The Morgan fingerprint density at radius 3 is 2.33 bits per heavy atom. The molecule has 118 valence electrons. The number of piperidine rings is 1. The Kier molecular flexibility index (Phi) is 5.43. The number of likely N-dealkylation sites (tertiary alicyclic amines) is 1. The van der Waals surface area contributed by atoms with Crippen LogP contribution in [0.2, 0.25) is 0 Å². The quantitative estimate of drug-likeness (QED) is 0.345. The Hall–Kier alpha value is -1.95. The van der Waals surface area contributed by atoms with Crippen LogP contribution in [0.4, 0.5) is 4.79 Å². The van der Waals surface area contributed by atoms with Crippen molar-refractivity contribution in [3.8, 4) is 0 Å². The summed E-state index contributed by atoms with van der Waals surface area (Å²) in [6.07, 6.45) is 0.375. The number of esters is 1. The van der Waals surface area contributed by atoms with Gasteiger partial charge in [-0.3, -0.25) is 4.79 Å². The van der Waals surface area contributed by atoms with E-state index in [-0.39, 0.29) is 6.54 Å². The minimum absolute atomic E-state index is 0.0400. The summed E-state index contributed by atoms with van der Waals surface area (Å²) in [5.41, 5.74) is 7.05. The van der Waals surface area contributed by atoms with Gasteiger partial charge in [-0.25, -0.2) is 4.79 Å². The van der Waals surface area contributed by atoms with Gasteiger partial charge in [-0.15, -0.1) is 0 Å². The second-order valence-corrected chi connectivity index (χ2v) is 6.13. The molecule has 0 aromatic heterocycles. The lowest BCUT2D eigenvalue weighted by Gasteiger charge is -2.39. The highest BCUT2D eigenvalue weighted by atomic mass is 16.6. The average molecular weight is 298 g/mol. The van der Waals surface area contributed by atoms with Crippen molar-refractivity contribution < 1.29 is 19.1 Å². The lowest BCUT2D eigenvalue weighted by molar-refractivity contribution is -0.155. The van der Waals surface area contributed by atoms with Gasteiger partial charge < -0.3 is 14.4 Å². The lowest BCUT2D eigenvalue weighted by atomic mass is 9.78. The van der Waals surface area contributed by atoms with E-state index in [4.69, 9.17) is 15.0 Å². The molecule has 0 bridgehead atoms. The largest absolute Gasteiger partial charge is 0.469 e. The first-order chi connectivity index (χ1) is 9.74. The summed E-state index contributed by atoms with van der Waals surface area (Å²) in [5, 5.41) is 3.51. The van der Waals surface area contributed by atoms with Crippen LogP contribution in [0.1, 0.15) is 33.6 Å². The zero-order chi connectivity index (χ0) is 16.1. The van der Waals surface area contributed by atoms with Crippen molar-refractivity contribution in [2.45, 2.75) is 39.2 Å². The SMILES string of the molecule is COC(=O)C1(CN=[N+]=[N-])CCN(C(=O)OC(C)(C)C)CC1. The van der Waals surface area contributed by atoms with Gasteiger partial charge in [0, 0.05) is 24.5 Å². The monoisotopic (exact) mass is 298 g/mol. The van der Waals surface area contributed by atoms with Crippen molar-refractivity contribution in [3.63, 3.8) is 0 Å². The van der Waals surface area contributed by atoms with E-state index in [1.165, 1.54) is 7.11 Å². The smallest absolute Gasteiger partial charge is 0.410 e. The molecular weight excluding hydrogens is 276 g/mol. The van der Waals surface area contributed by atoms with Gasteiger partial charge in [0.15, 0.2) is 0 Å². The Morgan fingerprint density at radius 1 is 1.33 bits per heavy atom. The van der Waals surface area contributed by atoms with E-state index in [0.29, 0.717) is 25.9 Å². The number of hydrogen-bond acceptors (Lipinski definition) is 5. The minimum Gasteiger partial charge on any atom is -0.469 e. The van der Waals surface area contributed by atoms with Crippen LogP contribution >= 0.6 is 0 Å². The van der Waals surface area contributed by atoms with E-state index in [2.05, 4.69) is 10.0 Å². The number of nitrogens with zero attached hydrogens (tertiary/aromatic N) is 4. The maximum atomic E-state index is 12.0. The van der Waals surface area contributed by atoms with Gasteiger partial charge in [0.05, 0.1) is 12.5 Å². The van der Waals surface area contributed by atoms with E-state index < -0.39 is 23.1 Å². The van der Waals surface area contributed by atoms with Crippen LogP contribution in [0, 0.1) is 5.41 Å². The highest BCUT2D eigenvalue weighted by Crippen LogP contribution is 2.34. The molecule has 8 nitrogen and oxygen atoms in total. The molecule has 0 atom stereocenters. The first kappa shape index (κ1) is 17.1. The molecule has 21 heavy (non-hydrogen) atoms. The fourth-order valence-corrected chi connectivity index (χ4v) is 2.25. The summed E-state index contributed by atoms with van der Waals surface area (Å²) in [6.45, 7) is 6.17. The number of rotatable bonds is 3. The normalized spacial score (nSPS) is 17.6. The van der Waals surface area contributed by atoms with Crippen molar-refractivity contribution in [2.24, 2.45) is 10.5 Å². The third kappa shape index (κ3) is 4.53. The molecule has 0 aromatic rings. The molecule has 0 N–H and O–H groups in total. The molecule has 1 amide bonds. The minimum atomic E-state index is -0.848. The van der Waals surface area contributed by atoms with Gasteiger partial charge in [0.1, 0.15) is 5.60 Å². The Balaban J connectivity index is 2.72. The molecule has 1 aliphatic heterocycles. The Labute approximate surface area is 124 Å². The molecule has 0 aliphatic carbocycles. The number of amides is 1. The molecule has 0 saturated carbocycles. The molecule has 1 rings (SSSR count). The highest BCUT2D eigenvalue weighted by molar-refractivity contribution is 5.78. The molecule has 8 heteroatoms. The third-order valence-corrected chi connectivity index (χ3v) is 3.43. The van der Waals surface area contributed by atoms with Crippen LogP contribution in [0.15, 0.2) is 5.11 Å². The predicted molar refractivity (Wildman–Crippen MR) is 75.5 cm³/mol. The highest BCUT2D eigenvalue weighted by Gasteiger charge is 2.43. The fourth-order valence-electron chi connectivity index (χ4n) is 2.25. The van der Waals surface area contributed by atoms with Crippen LogP contribution in [0.25, 0.3) is 10.4 Å². The van der Waals surface area contributed by atoms with Crippen LogP contribution in [0.3, 0.4) is 0 Å². The summed E-state index contributed by atoms with van der Waals surface area (Å²) in [5.74, 6) is -0.404. The van der Waals surface area contributed by atoms with E-state index in [1.54, 1.807) is 25.7 Å². The van der Waals surface area contributed by atoms with Crippen LogP contribution in [-0.4, -0.2) is 49.3 Å². The van der Waals surface area contributed by atoms with Crippen LogP contribution in [-0.2, 0) is 14.3 Å². The summed E-state index contributed by atoms with van der Waals surface area (Å²) in [4.78, 5) is 28.2. The second-order valence-electron chi connectivity index (χ2n) is 6.13. The van der Waals surface area contributed by atoms with Gasteiger partial charge in [-0.2, -0.15) is 0 Å². The molecule has 1 aliphatic rings. The Bertz CT molecular complexity index is 444. The molecule has 0 spiro atoms. The van der Waals surface area contributed by atoms with Crippen molar-refractivity contribution in [1.82, 2.24) is 4.90 Å². The predicted octanol–water partition coefficient (Wildman–Crippen LogP) is 2.49. The van der Waals surface area contributed by atoms with Crippen molar-refractivity contribution in [1.29, 1.82) is 0 Å². The van der Waals surface area contributed by atoms with E-state index >= 15 is 0 Å². The van der Waals surface area contributed by atoms with Crippen LogP contribution in [0.5, 0.6) is 0 Å².